The van der Waals surface area contributed by atoms with E-state index in [0.29, 0.717) is 0 Å². The van der Waals surface area contributed by atoms with Crippen LogP contribution in [0.4, 0.5) is 0 Å². The zero-order chi connectivity index (χ0) is 14.2. The van der Waals surface area contributed by atoms with Crippen molar-refractivity contribution in [1.82, 2.24) is 0 Å². The Morgan fingerprint density at radius 1 is 0.545 bits per heavy atom. The highest BCUT2D eigenvalue weighted by Crippen LogP contribution is 2.75. The Morgan fingerprint density at radius 2 is 1.18 bits per heavy atom. The lowest BCUT2D eigenvalue weighted by atomic mass is 9.54. The van der Waals surface area contributed by atoms with Crippen molar-refractivity contribution in [3.63, 3.8) is 0 Å². The zero-order valence-electron chi connectivity index (χ0n) is 13.9. The van der Waals surface area contributed by atoms with E-state index in [9.17, 15) is 0 Å². The highest BCUT2D eigenvalue weighted by molar-refractivity contribution is 5.20. The lowest BCUT2D eigenvalue weighted by Gasteiger charge is -2.50. The fourth-order valence-electron chi connectivity index (χ4n) is 10.3. The van der Waals surface area contributed by atoms with E-state index < -0.39 is 0 Å². The van der Waals surface area contributed by atoms with E-state index >= 15 is 0 Å². The van der Waals surface area contributed by atoms with E-state index in [-0.39, 0.29) is 0 Å². The Morgan fingerprint density at radius 3 is 1.91 bits per heavy atom. The van der Waals surface area contributed by atoms with Gasteiger partial charge in [-0.2, -0.15) is 0 Å². The van der Waals surface area contributed by atoms with Crippen molar-refractivity contribution >= 4 is 0 Å². The molecule has 0 radical (unpaired) electrons. The quantitative estimate of drug-likeness (QED) is 0.435. The second-order valence-corrected chi connectivity index (χ2v) is 10.7. The van der Waals surface area contributed by atoms with Gasteiger partial charge in [-0.05, 0) is 115 Å². The van der Waals surface area contributed by atoms with Crippen LogP contribution in [-0.4, -0.2) is 0 Å². The molecule has 6 fully saturated rings. The Kier molecular flexibility index (Phi) is 2.04. The van der Waals surface area contributed by atoms with E-state index in [4.69, 9.17) is 0 Å². The average Bonchev–Trinajstić information content (AvgIpc) is 3.31. The molecular formula is C22H30. The monoisotopic (exact) mass is 294 g/mol. The molecule has 0 aromatic heterocycles. The van der Waals surface area contributed by atoms with Gasteiger partial charge in [0.2, 0.25) is 0 Å². The molecule has 0 amide bonds. The summed E-state index contributed by atoms with van der Waals surface area (Å²) >= 11 is 0. The molecule has 0 nitrogen and oxygen atoms in total. The van der Waals surface area contributed by atoms with Gasteiger partial charge < -0.3 is 0 Å². The third kappa shape index (κ3) is 1.18. The van der Waals surface area contributed by atoms with Gasteiger partial charge in [-0.15, -0.1) is 0 Å². The van der Waals surface area contributed by atoms with E-state index in [0.717, 1.165) is 35.5 Å². The van der Waals surface area contributed by atoms with Gasteiger partial charge in [0, 0.05) is 0 Å². The maximum Gasteiger partial charge on any atom is -0.0196 e. The molecule has 0 heteroatoms. The molecule has 6 bridgehead atoms. The summed E-state index contributed by atoms with van der Waals surface area (Å²) in [6.07, 6.45) is 15.0. The third-order valence-corrected chi connectivity index (χ3v) is 10.5. The van der Waals surface area contributed by atoms with E-state index in [2.05, 4.69) is 19.1 Å². The zero-order valence-corrected chi connectivity index (χ0v) is 13.9. The summed E-state index contributed by atoms with van der Waals surface area (Å²) in [6.45, 7) is 2.59. The fourth-order valence-corrected chi connectivity index (χ4v) is 10.3. The van der Waals surface area contributed by atoms with Crippen molar-refractivity contribution in [2.75, 3.05) is 0 Å². The van der Waals surface area contributed by atoms with Crippen LogP contribution in [0.2, 0.25) is 0 Å². The number of fused-ring (bicyclic) bond motifs is 17. The van der Waals surface area contributed by atoms with Crippen molar-refractivity contribution in [2.45, 2.75) is 45.4 Å². The average molecular weight is 294 g/mol. The fraction of sp³-hybridized carbons (Fsp3) is 0.909. The largest absolute Gasteiger partial charge is 0.0848 e. The van der Waals surface area contributed by atoms with Crippen LogP contribution in [0.3, 0.4) is 0 Å². The smallest absolute Gasteiger partial charge is 0.0196 e. The molecule has 7 rings (SSSR count). The van der Waals surface area contributed by atoms with Crippen molar-refractivity contribution < 1.29 is 0 Å². The summed E-state index contributed by atoms with van der Waals surface area (Å²) in [5.74, 6) is 14.8. The van der Waals surface area contributed by atoms with Crippen molar-refractivity contribution in [1.29, 1.82) is 0 Å². The van der Waals surface area contributed by atoms with Gasteiger partial charge in [-0.25, -0.2) is 0 Å². The van der Waals surface area contributed by atoms with Gasteiger partial charge in [-0.1, -0.05) is 19.1 Å². The summed E-state index contributed by atoms with van der Waals surface area (Å²) in [6, 6.07) is 0. The van der Waals surface area contributed by atoms with Gasteiger partial charge in [0.15, 0.2) is 0 Å². The molecule has 6 saturated carbocycles. The third-order valence-electron chi connectivity index (χ3n) is 10.5. The molecule has 0 spiro atoms. The van der Waals surface area contributed by atoms with Gasteiger partial charge in [0.05, 0.1) is 0 Å². The molecule has 0 aromatic carbocycles. The normalized spacial score (nSPS) is 72.0. The van der Waals surface area contributed by atoms with Crippen LogP contribution >= 0.6 is 0 Å². The molecule has 13 atom stereocenters. The number of allylic oxidation sites excluding steroid dienone is 2. The molecule has 0 N–H and O–H groups in total. The number of hydrogen-bond donors (Lipinski definition) is 0. The maximum atomic E-state index is 2.61. The summed E-state index contributed by atoms with van der Waals surface area (Å²) in [4.78, 5) is 0. The molecular weight excluding hydrogens is 264 g/mol. The van der Waals surface area contributed by atoms with E-state index in [1.54, 1.807) is 38.5 Å². The summed E-state index contributed by atoms with van der Waals surface area (Å²) in [5.41, 5.74) is 0. The molecule has 0 aromatic rings. The Labute approximate surface area is 135 Å². The Hall–Kier alpha value is -0.260. The first-order valence-electron chi connectivity index (χ1n) is 10.5. The van der Waals surface area contributed by atoms with E-state index in [1.165, 1.54) is 41.4 Å². The van der Waals surface area contributed by atoms with Crippen LogP contribution in [0.25, 0.3) is 0 Å². The minimum absolute atomic E-state index is 1.00. The van der Waals surface area contributed by atoms with Crippen LogP contribution in [-0.2, 0) is 0 Å². The van der Waals surface area contributed by atoms with Gasteiger partial charge >= 0.3 is 0 Å². The standard InChI is InChI=1S/C22H30/c1-10-4-13-6-14(10)22-20-9-19(21(13)22)17-7-15-11-2-3-12(5-11)16(15)8-18(17)20/h2-3,10-22H,4-9H2,1H3. The van der Waals surface area contributed by atoms with Crippen LogP contribution in [0, 0.1) is 76.9 Å². The van der Waals surface area contributed by atoms with Gasteiger partial charge in [-0.3, -0.25) is 0 Å². The van der Waals surface area contributed by atoms with Crippen LogP contribution in [0.5, 0.6) is 0 Å². The van der Waals surface area contributed by atoms with Crippen molar-refractivity contribution in [3.8, 4) is 0 Å². The van der Waals surface area contributed by atoms with Crippen LogP contribution in [0.1, 0.15) is 45.4 Å². The first-order chi connectivity index (χ1) is 10.8. The van der Waals surface area contributed by atoms with Crippen LogP contribution in [0.15, 0.2) is 12.2 Å². The lowest BCUT2D eigenvalue weighted by molar-refractivity contribution is -0.0174. The highest BCUT2D eigenvalue weighted by Gasteiger charge is 2.68. The predicted molar refractivity (Wildman–Crippen MR) is 87.9 cm³/mol. The topological polar surface area (TPSA) is 0 Å². The molecule has 22 heavy (non-hydrogen) atoms. The molecule has 0 heterocycles. The SMILES string of the molecule is CC1CC2CC1C1C3CC(C4CC5C6C=CC(C6)C5CC43)C21. The predicted octanol–water partition coefficient (Wildman–Crippen LogP) is 5.01. The second kappa shape index (κ2) is 3.70. The summed E-state index contributed by atoms with van der Waals surface area (Å²) in [7, 11) is 0. The maximum absolute atomic E-state index is 2.61. The highest BCUT2D eigenvalue weighted by atomic mass is 14.7. The molecule has 7 aliphatic rings. The Bertz CT molecular complexity index is 560. The second-order valence-electron chi connectivity index (χ2n) is 10.7. The van der Waals surface area contributed by atoms with E-state index in [1.807, 2.05) is 0 Å². The molecule has 13 unspecified atom stereocenters. The first-order valence-corrected chi connectivity index (χ1v) is 10.5. The lowest BCUT2D eigenvalue weighted by Crippen LogP contribution is -2.45. The molecule has 0 saturated heterocycles. The molecule has 0 aliphatic heterocycles. The summed E-state index contributed by atoms with van der Waals surface area (Å²) < 4.78 is 0. The number of hydrogen-bond acceptors (Lipinski definition) is 0. The molecule has 7 aliphatic carbocycles. The van der Waals surface area contributed by atoms with Crippen molar-refractivity contribution in [2.24, 2.45) is 76.9 Å². The Balaban J connectivity index is 1.26. The summed E-state index contributed by atoms with van der Waals surface area (Å²) in [5, 5.41) is 0. The molecule has 118 valence electrons. The van der Waals surface area contributed by atoms with Gasteiger partial charge in [0.1, 0.15) is 0 Å². The first kappa shape index (κ1) is 12.2. The van der Waals surface area contributed by atoms with Gasteiger partial charge in [0.25, 0.3) is 0 Å². The van der Waals surface area contributed by atoms with Crippen molar-refractivity contribution in [3.05, 3.63) is 12.2 Å². The minimum atomic E-state index is 1.00. The van der Waals surface area contributed by atoms with Crippen LogP contribution < -0.4 is 0 Å². The minimum Gasteiger partial charge on any atom is -0.0848 e. The number of rotatable bonds is 0.